The van der Waals surface area contributed by atoms with Gasteiger partial charge < -0.3 is 20.3 Å². The number of hydrogen-bond donors (Lipinski definition) is 2. The van der Waals surface area contributed by atoms with Crippen molar-refractivity contribution in [1.29, 1.82) is 0 Å². The molecule has 0 saturated carbocycles. The highest BCUT2D eigenvalue weighted by atomic mass is 32.1. The maximum Gasteiger partial charge on any atom is 0.409 e. The molecule has 3 heterocycles. The van der Waals surface area contributed by atoms with E-state index in [0.29, 0.717) is 26.2 Å². The molecule has 3 rings (SSSR count). The molecule has 2 saturated heterocycles. The molecule has 27 heavy (non-hydrogen) atoms. The third-order valence-electron chi connectivity index (χ3n) is 5.27. The van der Waals surface area contributed by atoms with Gasteiger partial charge in [-0.15, -0.1) is 11.3 Å². The van der Waals surface area contributed by atoms with Crippen LogP contribution in [0.4, 0.5) is 9.59 Å². The van der Waals surface area contributed by atoms with Crippen molar-refractivity contribution < 1.29 is 14.3 Å². The normalized spacial score (nSPS) is 19.7. The number of likely N-dealkylation sites (tertiary alicyclic amines) is 2. The van der Waals surface area contributed by atoms with E-state index in [2.05, 4.69) is 33.0 Å². The van der Waals surface area contributed by atoms with Gasteiger partial charge in [-0.3, -0.25) is 4.90 Å². The predicted octanol–water partition coefficient (Wildman–Crippen LogP) is 2.81. The lowest BCUT2D eigenvalue weighted by Crippen LogP contribution is -2.50. The molecule has 0 bridgehead atoms. The molecular weight excluding hydrogens is 364 g/mol. The predicted molar refractivity (Wildman–Crippen MR) is 106 cm³/mol. The number of nitrogens with one attached hydrogen (secondary N) is 2. The van der Waals surface area contributed by atoms with Crippen molar-refractivity contribution in [1.82, 2.24) is 20.4 Å². The molecule has 0 radical (unpaired) electrons. The van der Waals surface area contributed by atoms with Gasteiger partial charge in [0.15, 0.2) is 0 Å². The van der Waals surface area contributed by atoms with Crippen LogP contribution in [-0.2, 0) is 4.74 Å². The minimum atomic E-state index is -0.259. The molecule has 0 spiro atoms. The smallest absolute Gasteiger partial charge is 0.409 e. The van der Waals surface area contributed by atoms with Crippen molar-refractivity contribution in [3.8, 4) is 0 Å². The summed E-state index contributed by atoms with van der Waals surface area (Å²) in [5, 5.41) is 8.21. The number of carbonyl (C=O) groups is 2. The van der Waals surface area contributed by atoms with Crippen LogP contribution in [0.2, 0.25) is 0 Å². The first kappa shape index (κ1) is 19.9. The van der Waals surface area contributed by atoms with Gasteiger partial charge in [0, 0.05) is 30.6 Å². The van der Waals surface area contributed by atoms with Crippen molar-refractivity contribution in [2.45, 2.75) is 44.7 Å². The van der Waals surface area contributed by atoms with E-state index in [1.807, 2.05) is 6.92 Å². The van der Waals surface area contributed by atoms with Crippen LogP contribution in [0.25, 0.3) is 0 Å². The molecule has 8 heteroatoms. The van der Waals surface area contributed by atoms with Crippen molar-refractivity contribution in [2.24, 2.45) is 0 Å². The summed E-state index contributed by atoms with van der Waals surface area (Å²) in [5.74, 6) is 0. The van der Waals surface area contributed by atoms with Gasteiger partial charge in [-0.1, -0.05) is 6.07 Å². The summed E-state index contributed by atoms with van der Waals surface area (Å²) in [7, 11) is 0. The highest BCUT2D eigenvalue weighted by Crippen LogP contribution is 2.27. The molecule has 2 aliphatic heterocycles. The second-order valence-electron chi connectivity index (χ2n) is 7.09. The van der Waals surface area contributed by atoms with E-state index in [0.717, 1.165) is 25.9 Å². The number of rotatable bonds is 6. The number of nitrogens with zero attached hydrogens (tertiary/aromatic N) is 2. The third-order valence-corrected chi connectivity index (χ3v) is 6.24. The average Bonchev–Trinajstić information content (AvgIpc) is 3.37. The first-order chi connectivity index (χ1) is 13.2. The van der Waals surface area contributed by atoms with Crippen LogP contribution in [0.15, 0.2) is 17.5 Å². The van der Waals surface area contributed by atoms with Crippen molar-refractivity contribution >= 4 is 23.5 Å². The number of ether oxygens (including phenoxy) is 1. The Labute approximate surface area is 165 Å². The summed E-state index contributed by atoms with van der Waals surface area (Å²) in [4.78, 5) is 29.6. The Hall–Kier alpha value is -1.80. The first-order valence-corrected chi connectivity index (χ1v) is 10.8. The summed E-state index contributed by atoms with van der Waals surface area (Å²) in [6.45, 7) is 6.25. The van der Waals surface area contributed by atoms with Gasteiger partial charge in [0.05, 0.1) is 12.6 Å². The number of piperidine rings is 1. The van der Waals surface area contributed by atoms with Crippen molar-refractivity contribution in [2.75, 3.05) is 39.3 Å². The lowest BCUT2D eigenvalue weighted by atomic mass is 10.1. The molecule has 1 unspecified atom stereocenters. The summed E-state index contributed by atoms with van der Waals surface area (Å²) in [6, 6.07) is 4.45. The molecule has 2 aliphatic rings. The van der Waals surface area contributed by atoms with E-state index in [4.69, 9.17) is 4.74 Å². The van der Waals surface area contributed by atoms with Gasteiger partial charge >= 0.3 is 12.1 Å². The molecule has 0 aliphatic carbocycles. The molecule has 1 aromatic rings. The van der Waals surface area contributed by atoms with Gasteiger partial charge in [0.1, 0.15) is 0 Å². The minimum absolute atomic E-state index is 0.0997. The van der Waals surface area contributed by atoms with Crippen LogP contribution in [0.1, 0.15) is 43.5 Å². The summed E-state index contributed by atoms with van der Waals surface area (Å²) < 4.78 is 5.03. The van der Waals surface area contributed by atoms with Crippen LogP contribution in [-0.4, -0.2) is 67.3 Å². The zero-order valence-electron chi connectivity index (χ0n) is 16.0. The van der Waals surface area contributed by atoms with Gasteiger partial charge in [-0.2, -0.15) is 0 Å². The number of carbonyl (C=O) groups excluding carboxylic acids is 2. The van der Waals surface area contributed by atoms with Gasteiger partial charge in [-0.25, -0.2) is 9.59 Å². The van der Waals surface area contributed by atoms with E-state index in [1.165, 1.54) is 17.7 Å². The molecule has 2 N–H and O–H groups in total. The Morgan fingerprint density at radius 1 is 1.26 bits per heavy atom. The Morgan fingerprint density at radius 3 is 2.63 bits per heavy atom. The number of urea groups is 1. The Morgan fingerprint density at radius 2 is 2.00 bits per heavy atom. The molecule has 2 fully saturated rings. The highest BCUT2D eigenvalue weighted by molar-refractivity contribution is 7.10. The molecule has 3 amide bonds. The molecule has 1 atom stereocenters. The largest absolute Gasteiger partial charge is 0.450 e. The second-order valence-corrected chi connectivity index (χ2v) is 8.07. The Balaban J connectivity index is 1.43. The molecule has 0 aromatic carbocycles. The molecule has 150 valence electrons. The zero-order valence-corrected chi connectivity index (χ0v) is 16.8. The molecular formula is C19H30N4O3S. The minimum Gasteiger partial charge on any atom is -0.450 e. The summed E-state index contributed by atoms with van der Waals surface area (Å²) in [6.07, 6.45) is 3.71. The van der Waals surface area contributed by atoms with Crippen LogP contribution >= 0.6 is 11.3 Å². The standard InChI is InChI=1S/C19H30N4O3S/c1-2-26-19(25)23-11-7-15(8-12-23)21-18(24)20-14-16(17-6-5-13-27-17)22-9-3-4-10-22/h5-6,13,15-16H,2-4,7-12,14H2,1H3,(H2,20,21,24). The van der Waals surface area contributed by atoms with Gasteiger partial charge in [0.25, 0.3) is 0 Å². The molecule has 7 nitrogen and oxygen atoms in total. The number of hydrogen-bond acceptors (Lipinski definition) is 5. The average molecular weight is 395 g/mol. The van der Waals surface area contributed by atoms with Crippen LogP contribution in [0.5, 0.6) is 0 Å². The fraction of sp³-hybridized carbons (Fsp3) is 0.684. The SMILES string of the molecule is CCOC(=O)N1CCC(NC(=O)NCC(c2cccs2)N2CCCC2)CC1. The summed E-state index contributed by atoms with van der Waals surface area (Å²) >= 11 is 1.75. The maximum absolute atomic E-state index is 12.4. The third kappa shape index (κ3) is 5.59. The fourth-order valence-electron chi connectivity index (χ4n) is 3.79. The monoisotopic (exact) mass is 394 g/mol. The first-order valence-electron chi connectivity index (χ1n) is 9.91. The van der Waals surface area contributed by atoms with E-state index < -0.39 is 0 Å². The van der Waals surface area contributed by atoms with Crippen molar-refractivity contribution in [3.63, 3.8) is 0 Å². The van der Waals surface area contributed by atoms with E-state index in [1.54, 1.807) is 16.2 Å². The fourth-order valence-corrected chi connectivity index (χ4v) is 4.65. The van der Waals surface area contributed by atoms with E-state index in [-0.39, 0.29) is 24.2 Å². The van der Waals surface area contributed by atoms with Crippen LogP contribution in [0, 0.1) is 0 Å². The topological polar surface area (TPSA) is 73.9 Å². The quantitative estimate of drug-likeness (QED) is 0.778. The lowest BCUT2D eigenvalue weighted by molar-refractivity contribution is 0.0957. The van der Waals surface area contributed by atoms with Crippen molar-refractivity contribution in [3.05, 3.63) is 22.4 Å². The maximum atomic E-state index is 12.4. The number of amides is 3. The van der Waals surface area contributed by atoms with E-state index >= 15 is 0 Å². The second kappa shape index (κ2) is 9.94. The summed E-state index contributed by atoms with van der Waals surface area (Å²) in [5.41, 5.74) is 0. The van der Waals surface area contributed by atoms with Crippen LogP contribution < -0.4 is 10.6 Å². The lowest BCUT2D eigenvalue weighted by Gasteiger charge is -2.32. The molecule has 1 aromatic heterocycles. The Kier molecular flexibility index (Phi) is 7.34. The Bertz CT molecular complexity index is 596. The van der Waals surface area contributed by atoms with Crippen LogP contribution in [0.3, 0.4) is 0 Å². The van der Waals surface area contributed by atoms with Gasteiger partial charge in [-0.05, 0) is 57.1 Å². The number of thiophene rings is 1. The van der Waals surface area contributed by atoms with Gasteiger partial charge in [0.2, 0.25) is 0 Å². The zero-order chi connectivity index (χ0) is 19.1. The highest BCUT2D eigenvalue weighted by Gasteiger charge is 2.27. The van der Waals surface area contributed by atoms with E-state index in [9.17, 15) is 9.59 Å².